The summed E-state index contributed by atoms with van der Waals surface area (Å²) in [6, 6.07) is 6.19. The average Bonchev–Trinajstić information content (AvgIpc) is 2.43. The van der Waals surface area contributed by atoms with Gasteiger partial charge in [0.1, 0.15) is 0 Å². The molecule has 0 bridgehead atoms. The highest BCUT2D eigenvalue weighted by atomic mass is 16.3. The lowest BCUT2D eigenvalue weighted by Gasteiger charge is -2.22. The molecule has 0 radical (unpaired) electrons. The fourth-order valence-corrected chi connectivity index (χ4v) is 2.55. The van der Waals surface area contributed by atoms with E-state index in [4.69, 9.17) is 0 Å². The zero-order valence-electron chi connectivity index (χ0n) is 11.2. The van der Waals surface area contributed by atoms with Crippen molar-refractivity contribution >= 4 is 5.69 Å². The van der Waals surface area contributed by atoms with E-state index in [1.165, 1.54) is 43.4 Å². The van der Waals surface area contributed by atoms with E-state index in [0.717, 1.165) is 5.56 Å². The van der Waals surface area contributed by atoms with E-state index in [1.54, 1.807) is 0 Å². The third-order valence-corrected chi connectivity index (χ3v) is 3.63. The summed E-state index contributed by atoms with van der Waals surface area (Å²) >= 11 is 0. The van der Waals surface area contributed by atoms with E-state index in [2.05, 4.69) is 30.4 Å². The monoisotopic (exact) mass is 245 g/mol. The highest BCUT2D eigenvalue weighted by molar-refractivity contribution is 5.59. The van der Waals surface area contributed by atoms with Crippen LogP contribution in [0.3, 0.4) is 0 Å². The maximum absolute atomic E-state index is 9.23. The molecule has 2 heteroatoms. The second kappa shape index (κ2) is 6.60. The first kappa shape index (κ1) is 13.2. The topological polar surface area (TPSA) is 32.3 Å². The molecule has 0 aromatic heterocycles. The van der Waals surface area contributed by atoms with Crippen LogP contribution in [-0.4, -0.2) is 5.11 Å². The Morgan fingerprint density at radius 3 is 2.89 bits per heavy atom. The Labute approximate surface area is 110 Å². The van der Waals surface area contributed by atoms with Crippen LogP contribution in [0.5, 0.6) is 0 Å². The highest BCUT2D eigenvalue weighted by Crippen LogP contribution is 2.34. The molecule has 0 aliphatic carbocycles. The number of unbranched alkanes of at least 4 members (excludes halogenated alkanes) is 3. The number of aliphatic hydroxyl groups is 1. The molecule has 2 nitrogen and oxygen atoms in total. The van der Waals surface area contributed by atoms with Crippen LogP contribution in [0.15, 0.2) is 30.5 Å². The SMILES string of the molecule is CCCCCCC1C=CNc2ccc(CO)cc21. The number of aliphatic hydroxyl groups excluding tert-OH is 1. The molecule has 98 valence electrons. The minimum absolute atomic E-state index is 0.125. The van der Waals surface area contributed by atoms with Gasteiger partial charge in [0.05, 0.1) is 6.61 Å². The normalized spacial score (nSPS) is 17.3. The zero-order valence-corrected chi connectivity index (χ0v) is 11.2. The van der Waals surface area contributed by atoms with Crippen molar-refractivity contribution in [2.24, 2.45) is 0 Å². The molecule has 0 saturated heterocycles. The van der Waals surface area contributed by atoms with Crippen molar-refractivity contribution in [3.63, 3.8) is 0 Å². The Morgan fingerprint density at radius 1 is 1.22 bits per heavy atom. The Hall–Kier alpha value is -1.28. The van der Waals surface area contributed by atoms with Crippen molar-refractivity contribution in [2.75, 3.05) is 5.32 Å². The number of hydrogen-bond donors (Lipinski definition) is 2. The van der Waals surface area contributed by atoms with Crippen LogP contribution in [0.4, 0.5) is 5.69 Å². The second-order valence-electron chi connectivity index (χ2n) is 5.04. The van der Waals surface area contributed by atoms with Gasteiger partial charge in [-0.2, -0.15) is 0 Å². The summed E-state index contributed by atoms with van der Waals surface area (Å²) in [6.45, 7) is 2.37. The van der Waals surface area contributed by atoms with Gasteiger partial charge in [0.25, 0.3) is 0 Å². The first-order valence-corrected chi connectivity index (χ1v) is 7.02. The molecule has 1 aliphatic heterocycles. The Balaban J connectivity index is 2.04. The van der Waals surface area contributed by atoms with E-state index in [1.807, 2.05) is 12.3 Å². The number of nitrogens with one attached hydrogen (secondary N) is 1. The van der Waals surface area contributed by atoms with Crippen LogP contribution in [0, 0.1) is 0 Å². The average molecular weight is 245 g/mol. The molecule has 0 fully saturated rings. The van der Waals surface area contributed by atoms with Gasteiger partial charge in [-0.25, -0.2) is 0 Å². The van der Waals surface area contributed by atoms with Crippen molar-refractivity contribution in [3.8, 4) is 0 Å². The summed E-state index contributed by atoms with van der Waals surface area (Å²) < 4.78 is 0. The highest BCUT2D eigenvalue weighted by Gasteiger charge is 2.16. The largest absolute Gasteiger partial charge is 0.392 e. The quantitative estimate of drug-likeness (QED) is 0.737. The van der Waals surface area contributed by atoms with Crippen LogP contribution in [0.1, 0.15) is 56.1 Å². The molecule has 1 aliphatic rings. The molecule has 18 heavy (non-hydrogen) atoms. The molecule has 1 atom stereocenters. The van der Waals surface area contributed by atoms with Crippen molar-refractivity contribution in [1.82, 2.24) is 0 Å². The summed E-state index contributed by atoms with van der Waals surface area (Å²) in [5, 5.41) is 12.5. The number of rotatable bonds is 6. The molecule has 0 saturated carbocycles. The van der Waals surface area contributed by atoms with Crippen LogP contribution < -0.4 is 5.32 Å². The van der Waals surface area contributed by atoms with Gasteiger partial charge in [-0.1, -0.05) is 50.8 Å². The van der Waals surface area contributed by atoms with E-state index < -0.39 is 0 Å². The van der Waals surface area contributed by atoms with E-state index in [9.17, 15) is 5.11 Å². The first-order chi connectivity index (χ1) is 8.85. The number of allylic oxidation sites excluding steroid dienone is 1. The minimum atomic E-state index is 0.125. The Kier molecular flexibility index (Phi) is 4.82. The molecule has 0 spiro atoms. The summed E-state index contributed by atoms with van der Waals surface area (Å²) in [6.07, 6.45) is 10.7. The van der Waals surface area contributed by atoms with Crippen molar-refractivity contribution in [1.29, 1.82) is 0 Å². The van der Waals surface area contributed by atoms with Crippen molar-refractivity contribution in [3.05, 3.63) is 41.6 Å². The summed E-state index contributed by atoms with van der Waals surface area (Å²) in [4.78, 5) is 0. The van der Waals surface area contributed by atoms with Gasteiger partial charge in [-0.15, -0.1) is 0 Å². The lowest BCUT2D eigenvalue weighted by Crippen LogP contribution is -2.07. The maximum atomic E-state index is 9.23. The molecule has 1 aromatic carbocycles. The molecule has 0 amide bonds. The standard InChI is InChI=1S/C16H23NO/c1-2-3-4-5-6-14-9-10-17-16-8-7-13(12-18)11-15(14)16/h7-11,14,17-18H,2-6,12H2,1H3. The number of hydrogen-bond acceptors (Lipinski definition) is 2. The second-order valence-corrected chi connectivity index (χ2v) is 5.04. The van der Waals surface area contributed by atoms with Gasteiger partial charge in [0.15, 0.2) is 0 Å². The minimum Gasteiger partial charge on any atom is -0.392 e. The third kappa shape index (κ3) is 3.14. The van der Waals surface area contributed by atoms with Gasteiger partial charge >= 0.3 is 0 Å². The lowest BCUT2D eigenvalue weighted by molar-refractivity contribution is 0.281. The number of benzene rings is 1. The smallest absolute Gasteiger partial charge is 0.0681 e. The van der Waals surface area contributed by atoms with Crippen molar-refractivity contribution in [2.45, 2.75) is 51.6 Å². The van der Waals surface area contributed by atoms with Gasteiger partial charge in [0, 0.05) is 11.6 Å². The van der Waals surface area contributed by atoms with Gasteiger partial charge < -0.3 is 10.4 Å². The molecular formula is C16H23NO. The summed E-state index contributed by atoms with van der Waals surface area (Å²) in [5.41, 5.74) is 3.53. The lowest BCUT2D eigenvalue weighted by atomic mass is 9.89. The van der Waals surface area contributed by atoms with E-state index in [-0.39, 0.29) is 6.61 Å². The van der Waals surface area contributed by atoms with Crippen LogP contribution in [0.2, 0.25) is 0 Å². The molecule has 2 N–H and O–H groups in total. The van der Waals surface area contributed by atoms with E-state index >= 15 is 0 Å². The number of anilines is 1. The summed E-state index contributed by atoms with van der Waals surface area (Å²) in [5.74, 6) is 0.504. The third-order valence-electron chi connectivity index (χ3n) is 3.63. The molecule has 1 aromatic rings. The van der Waals surface area contributed by atoms with Gasteiger partial charge in [0.2, 0.25) is 0 Å². The molecule has 1 unspecified atom stereocenters. The number of fused-ring (bicyclic) bond motifs is 1. The molecule has 1 heterocycles. The van der Waals surface area contributed by atoms with Gasteiger partial charge in [-0.3, -0.25) is 0 Å². The van der Waals surface area contributed by atoms with E-state index in [0.29, 0.717) is 5.92 Å². The van der Waals surface area contributed by atoms with Crippen LogP contribution >= 0.6 is 0 Å². The van der Waals surface area contributed by atoms with Crippen LogP contribution in [-0.2, 0) is 6.61 Å². The molecular weight excluding hydrogens is 222 g/mol. The van der Waals surface area contributed by atoms with Crippen LogP contribution in [0.25, 0.3) is 0 Å². The van der Waals surface area contributed by atoms with Crippen molar-refractivity contribution < 1.29 is 5.11 Å². The summed E-state index contributed by atoms with van der Waals surface area (Å²) in [7, 11) is 0. The Bertz CT molecular complexity index is 412. The van der Waals surface area contributed by atoms with Gasteiger partial charge in [-0.05, 0) is 29.8 Å². The Morgan fingerprint density at radius 2 is 2.11 bits per heavy atom. The fraction of sp³-hybridized carbons (Fsp3) is 0.500. The molecule has 2 rings (SSSR count). The zero-order chi connectivity index (χ0) is 12.8. The predicted molar refractivity (Wildman–Crippen MR) is 76.6 cm³/mol. The predicted octanol–water partition coefficient (Wildman–Crippen LogP) is 4.17. The maximum Gasteiger partial charge on any atom is 0.0681 e. The first-order valence-electron chi connectivity index (χ1n) is 7.02. The fourth-order valence-electron chi connectivity index (χ4n) is 2.55.